The number of hydrogen-bond acceptors (Lipinski definition) is 5. The number of ketones is 1. The SMILES string of the molecule is CCO/N=C(/C)[C@H]1CCC2C3=CC(=O)C4C[C@@H](O)[C@@H](O)C[C@]4(C)C3CC[C@@]21C. The Kier molecular flexibility index (Phi) is 4.98. The molecule has 3 unspecified atom stereocenters. The molecule has 2 N–H and O–H groups in total. The summed E-state index contributed by atoms with van der Waals surface area (Å²) in [5, 5.41) is 24.9. The van der Waals surface area contributed by atoms with Gasteiger partial charge in [-0.05, 0) is 81.1 Å². The van der Waals surface area contributed by atoms with Crippen LogP contribution < -0.4 is 0 Å². The molecule has 5 nitrogen and oxygen atoms in total. The minimum Gasteiger partial charge on any atom is -0.396 e. The molecule has 0 spiro atoms. The third-order valence-corrected chi connectivity index (χ3v) is 8.77. The van der Waals surface area contributed by atoms with Gasteiger partial charge in [-0.15, -0.1) is 0 Å². The number of hydrogen-bond donors (Lipinski definition) is 2. The van der Waals surface area contributed by atoms with Crippen LogP contribution in [0.25, 0.3) is 0 Å². The van der Waals surface area contributed by atoms with Gasteiger partial charge in [-0.3, -0.25) is 4.79 Å². The molecule has 4 rings (SSSR count). The third-order valence-electron chi connectivity index (χ3n) is 8.77. The predicted octanol–water partition coefficient (Wildman–Crippen LogP) is 3.49. The van der Waals surface area contributed by atoms with E-state index in [9.17, 15) is 15.0 Å². The zero-order chi connectivity index (χ0) is 20.3. The molecule has 3 saturated carbocycles. The first kappa shape index (κ1) is 20.1. The van der Waals surface area contributed by atoms with Crippen LogP contribution >= 0.6 is 0 Å². The molecule has 0 radical (unpaired) electrons. The molecule has 0 aromatic heterocycles. The Morgan fingerprint density at radius 1 is 1.14 bits per heavy atom. The Morgan fingerprint density at radius 3 is 2.57 bits per heavy atom. The van der Waals surface area contributed by atoms with E-state index in [0.717, 1.165) is 31.4 Å². The van der Waals surface area contributed by atoms with Crippen LogP contribution in [0.2, 0.25) is 0 Å². The lowest BCUT2D eigenvalue weighted by molar-refractivity contribution is -0.142. The largest absolute Gasteiger partial charge is 0.396 e. The summed E-state index contributed by atoms with van der Waals surface area (Å²) in [6.07, 6.45) is 5.66. The van der Waals surface area contributed by atoms with Crippen molar-refractivity contribution in [3.05, 3.63) is 11.6 Å². The summed E-state index contributed by atoms with van der Waals surface area (Å²) >= 11 is 0. The highest BCUT2D eigenvalue weighted by atomic mass is 16.6. The number of allylic oxidation sites excluding steroid dienone is 2. The van der Waals surface area contributed by atoms with Gasteiger partial charge >= 0.3 is 0 Å². The van der Waals surface area contributed by atoms with Crippen molar-refractivity contribution in [2.45, 2.75) is 78.4 Å². The number of carbonyl (C=O) groups excluding carboxylic acids is 1. The molecule has 3 fully saturated rings. The van der Waals surface area contributed by atoms with Crippen molar-refractivity contribution in [1.29, 1.82) is 0 Å². The van der Waals surface area contributed by atoms with E-state index in [-0.39, 0.29) is 22.5 Å². The van der Waals surface area contributed by atoms with Crippen molar-refractivity contribution in [2.75, 3.05) is 6.61 Å². The highest BCUT2D eigenvalue weighted by Crippen LogP contribution is 2.65. The molecular formula is C23H35NO4. The van der Waals surface area contributed by atoms with Gasteiger partial charge in [0, 0.05) is 11.8 Å². The number of aliphatic hydroxyl groups is 2. The predicted molar refractivity (Wildman–Crippen MR) is 108 cm³/mol. The van der Waals surface area contributed by atoms with Gasteiger partial charge in [0.05, 0.1) is 17.9 Å². The monoisotopic (exact) mass is 389 g/mol. The quantitative estimate of drug-likeness (QED) is 0.572. The van der Waals surface area contributed by atoms with E-state index in [1.807, 2.05) is 13.0 Å². The average molecular weight is 390 g/mol. The van der Waals surface area contributed by atoms with Crippen LogP contribution in [0.4, 0.5) is 0 Å². The zero-order valence-corrected chi connectivity index (χ0v) is 17.6. The maximum absolute atomic E-state index is 13.1. The molecule has 4 aliphatic rings. The summed E-state index contributed by atoms with van der Waals surface area (Å²) in [5.74, 6) is 1.12. The number of oxime groups is 1. The van der Waals surface area contributed by atoms with Gasteiger partial charge < -0.3 is 15.1 Å². The van der Waals surface area contributed by atoms with E-state index >= 15 is 0 Å². The summed E-state index contributed by atoms with van der Waals surface area (Å²) in [4.78, 5) is 18.4. The molecule has 0 amide bonds. The van der Waals surface area contributed by atoms with Gasteiger partial charge in [0.1, 0.15) is 6.61 Å². The minimum absolute atomic E-state index is 0.114. The van der Waals surface area contributed by atoms with Gasteiger partial charge in [-0.1, -0.05) is 24.6 Å². The summed E-state index contributed by atoms with van der Waals surface area (Å²) in [6.45, 7) is 9.16. The van der Waals surface area contributed by atoms with Crippen LogP contribution in [0.3, 0.4) is 0 Å². The highest BCUT2D eigenvalue weighted by Gasteiger charge is 2.60. The summed E-state index contributed by atoms with van der Waals surface area (Å²) < 4.78 is 0. The zero-order valence-electron chi connectivity index (χ0n) is 17.6. The molecule has 0 saturated heterocycles. The topological polar surface area (TPSA) is 79.1 Å². The maximum Gasteiger partial charge on any atom is 0.159 e. The van der Waals surface area contributed by atoms with Gasteiger partial charge in [0.2, 0.25) is 0 Å². The first-order valence-electron chi connectivity index (χ1n) is 11.0. The molecule has 28 heavy (non-hydrogen) atoms. The van der Waals surface area contributed by atoms with E-state index in [0.29, 0.717) is 37.2 Å². The van der Waals surface area contributed by atoms with Crippen molar-refractivity contribution >= 4 is 11.5 Å². The minimum atomic E-state index is -0.779. The molecule has 5 heteroatoms. The van der Waals surface area contributed by atoms with Crippen molar-refractivity contribution in [3.8, 4) is 0 Å². The van der Waals surface area contributed by atoms with E-state index in [2.05, 4.69) is 25.9 Å². The van der Waals surface area contributed by atoms with Crippen LogP contribution in [-0.2, 0) is 9.63 Å². The molecule has 0 bridgehead atoms. The summed E-state index contributed by atoms with van der Waals surface area (Å²) in [7, 11) is 0. The van der Waals surface area contributed by atoms with E-state index in [1.165, 1.54) is 5.57 Å². The lowest BCUT2D eigenvalue weighted by atomic mass is 9.47. The average Bonchev–Trinajstić information content (AvgIpc) is 2.99. The normalized spacial score (nSPS) is 48.4. The second-order valence-electron chi connectivity index (χ2n) is 10.1. The second kappa shape index (κ2) is 6.94. The van der Waals surface area contributed by atoms with Crippen LogP contribution in [0.5, 0.6) is 0 Å². The molecule has 8 atom stereocenters. The van der Waals surface area contributed by atoms with Crippen LogP contribution in [-0.4, -0.2) is 40.5 Å². The van der Waals surface area contributed by atoms with Crippen molar-refractivity contribution < 1.29 is 19.8 Å². The smallest absolute Gasteiger partial charge is 0.159 e. The summed E-state index contributed by atoms with van der Waals surface area (Å²) in [5.41, 5.74) is 2.26. The maximum atomic E-state index is 13.1. The van der Waals surface area contributed by atoms with Gasteiger partial charge in [0.15, 0.2) is 5.78 Å². The van der Waals surface area contributed by atoms with Gasteiger partial charge in [-0.25, -0.2) is 0 Å². The van der Waals surface area contributed by atoms with Crippen molar-refractivity contribution in [2.24, 2.45) is 39.7 Å². The standard InChI is InChI=1S/C23H35NO4/c1-5-28-24-13(2)15-6-7-16-14-10-19(25)18-11-20(26)21(27)12-23(18,4)17(14)8-9-22(15,16)3/h10,15-18,20-21,26-27H,5-9,11-12H2,1-4H3/b24-13-/t15-,16?,17?,18?,20-,21+,22-,23-/m1/s1. The fourth-order valence-corrected chi connectivity index (χ4v) is 7.31. The van der Waals surface area contributed by atoms with Crippen LogP contribution in [0, 0.1) is 34.5 Å². The van der Waals surface area contributed by atoms with Crippen molar-refractivity contribution in [1.82, 2.24) is 0 Å². The van der Waals surface area contributed by atoms with Crippen LogP contribution in [0.15, 0.2) is 16.8 Å². The molecule has 0 aliphatic heterocycles. The lowest BCUT2D eigenvalue weighted by Crippen LogP contribution is -2.55. The number of fused-ring (bicyclic) bond motifs is 5. The highest BCUT2D eigenvalue weighted by molar-refractivity contribution is 5.95. The Morgan fingerprint density at radius 2 is 1.86 bits per heavy atom. The number of rotatable bonds is 3. The molecule has 4 aliphatic carbocycles. The summed E-state index contributed by atoms with van der Waals surface area (Å²) in [6, 6.07) is 0. The second-order valence-corrected chi connectivity index (χ2v) is 10.1. The number of nitrogens with zero attached hydrogens (tertiary/aromatic N) is 1. The fourth-order valence-electron chi connectivity index (χ4n) is 7.31. The number of carbonyl (C=O) groups is 1. The van der Waals surface area contributed by atoms with Crippen molar-refractivity contribution in [3.63, 3.8) is 0 Å². The molecule has 156 valence electrons. The van der Waals surface area contributed by atoms with E-state index in [1.54, 1.807) is 0 Å². The third kappa shape index (κ3) is 2.80. The van der Waals surface area contributed by atoms with E-state index in [4.69, 9.17) is 4.84 Å². The Labute approximate surface area is 168 Å². The van der Waals surface area contributed by atoms with Crippen LogP contribution in [0.1, 0.15) is 66.2 Å². The molecule has 0 aromatic carbocycles. The molecule has 0 heterocycles. The van der Waals surface area contributed by atoms with E-state index < -0.39 is 12.2 Å². The van der Waals surface area contributed by atoms with Gasteiger partial charge in [-0.2, -0.15) is 0 Å². The number of aliphatic hydroxyl groups excluding tert-OH is 2. The Balaban J connectivity index is 1.67. The Hall–Kier alpha value is -1.20. The Bertz CT molecular complexity index is 715. The molecule has 0 aromatic rings. The van der Waals surface area contributed by atoms with Gasteiger partial charge in [0.25, 0.3) is 0 Å². The molecular weight excluding hydrogens is 354 g/mol. The first-order chi connectivity index (χ1) is 13.2. The first-order valence-corrected chi connectivity index (χ1v) is 11.0. The lowest BCUT2D eigenvalue weighted by Gasteiger charge is -2.57. The fraction of sp³-hybridized carbons (Fsp3) is 0.826.